The van der Waals surface area contributed by atoms with Crippen molar-refractivity contribution in [2.24, 2.45) is 5.41 Å². The molecule has 0 bridgehead atoms. The summed E-state index contributed by atoms with van der Waals surface area (Å²) in [5.74, 6) is -0.254. The molecule has 2 aromatic carbocycles. The normalized spacial score (nSPS) is 20.2. The summed E-state index contributed by atoms with van der Waals surface area (Å²) in [6.07, 6.45) is -1.92. The highest BCUT2D eigenvalue weighted by Crippen LogP contribution is 2.38. The van der Waals surface area contributed by atoms with Gasteiger partial charge in [0, 0.05) is 35.3 Å². The first-order valence-corrected chi connectivity index (χ1v) is 16.7. The third-order valence-electron chi connectivity index (χ3n) is 7.07. The Labute approximate surface area is 298 Å². The number of aliphatic hydroxyl groups excluding tert-OH is 1. The van der Waals surface area contributed by atoms with Crippen molar-refractivity contribution < 1.29 is 24.1 Å². The van der Waals surface area contributed by atoms with E-state index in [1.54, 1.807) is 67.9 Å². The minimum atomic E-state index is -1.17. The second kappa shape index (κ2) is 14.3. The van der Waals surface area contributed by atoms with Gasteiger partial charge in [0.05, 0.1) is 25.2 Å². The molecule has 2 aromatic heterocycles. The van der Waals surface area contributed by atoms with E-state index in [-0.39, 0.29) is 36.8 Å². The Balaban J connectivity index is 1.43. The minimum Gasteiger partial charge on any atom is -0.386 e. The van der Waals surface area contributed by atoms with Crippen LogP contribution in [0.4, 0.5) is 5.95 Å². The highest BCUT2D eigenvalue weighted by Gasteiger charge is 2.46. The minimum absolute atomic E-state index is 0.0283. The fourth-order valence-corrected chi connectivity index (χ4v) is 6.79. The van der Waals surface area contributed by atoms with Crippen molar-refractivity contribution >= 4 is 103 Å². The van der Waals surface area contributed by atoms with Gasteiger partial charge in [-0.2, -0.15) is 9.97 Å². The molecule has 1 aliphatic heterocycles. The number of nitrogens with one attached hydrogen (secondary N) is 1. The van der Waals surface area contributed by atoms with Crippen LogP contribution in [0.15, 0.2) is 42.6 Å². The molecule has 1 amide bonds. The molecule has 5 rings (SSSR count). The number of aromatic nitrogens is 3. The lowest BCUT2D eigenvalue weighted by molar-refractivity contribution is -0.123. The number of hydrogen-bond donors (Lipinski definition) is 2. The Morgan fingerprint density at radius 3 is 2.24 bits per heavy atom. The molecular weight excluding hydrogens is 801 g/mol. The number of halogens is 6. The summed E-state index contributed by atoms with van der Waals surface area (Å²) in [5, 5.41) is 17.0. The lowest BCUT2D eigenvalue weighted by Gasteiger charge is -2.21. The van der Waals surface area contributed by atoms with Crippen LogP contribution in [0.25, 0.3) is 11.0 Å². The first kappa shape index (κ1) is 34.9. The van der Waals surface area contributed by atoms with Crippen LogP contribution in [-0.2, 0) is 32.2 Å². The number of carbonyl (C=O) groups is 1. The molecule has 3 heterocycles. The molecule has 4 aromatic rings. The SMILES string of the molecule is CC(C)(C)C(=O)Nc1nc(Cl)c2c(I)cn(C3OC(COCc4ccc(Cl)cc4Cl)C(OCc4ccc(Cl)cc4Cl)C3O)c2n1. The monoisotopic (exact) mass is 826 g/mol. The molecule has 0 saturated carbocycles. The van der Waals surface area contributed by atoms with E-state index in [9.17, 15) is 9.90 Å². The van der Waals surface area contributed by atoms with Crippen LogP contribution in [0, 0.1) is 8.99 Å². The maximum atomic E-state index is 12.7. The molecule has 1 fully saturated rings. The maximum Gasteiger partial charge on any atom is 0.232 e. The molecule has 4 atom stereocenters. The number of rotatable bonds is 9. The zero-order valence-corrected chi connectivity index (χ0v) is 30.1. The van der Waals surface area contributed by atoms with Gasteiger partial charge in [0.25, 0.3) is 0 Å². The van der Waals surface area contributed by atoms with E-state index in [0.717, 1.165) is 9.13 Å². The summed E-state index contributed by atoms with van der Waals surface area (Å²) in [7, 11) is 0. The number of fused-ring (bicyclic) bond motifs is 1. The average molecular weight is 829 g/mol. The summed E-state index contributed by atoms with van der Waals surface area (Å²) in [6.45, 7) is 5.64. The van der Waals surface area contributed by atoms with Gasteiger partial charge in [0.15, 0.2) is 6.23 Å². The van der Waals surface area contributed by atoms with E-state index in [2.05, 4.69) is 37.9 Å². The third-order valence-corrected chi connectivity index (χ3v) is 9.34. The van der Waals surface area contributed by atoms with Crippen molar-refractivity contribution in [3.8, 4) is 0 Å². The highest BCUT2D eigenvalue weighted by molar-refractivity contribution is 14.1. The molecule has 1 aliphatic rings. The molecule has 9 nitrogen and oxygen atoms in total. The fraction of sp³-hybridized carbons (Fsp3) is 0.367. The molecule has 0 radical (unpaired) electrons. The second-order valence-corrected chi connectivity index (χ2v) is 14.7. The van der Waals surface area contributed by atoms with Crippen molar-refractivity contribution in [1.82, 2.24) is 14.5 Å². The summed E-state index contributed by atoms with van der Waals surface area (Å²) in [5.41, 5.74) is 1.10. The molecule has 240 valence electrons. The van der Waals surface area contributed by atoms with Gasteiger partial charge >= 0.3 is 0 Å². The lowest BCUT2D eigenvalue weighted by atomic mass is 9.96. The quantitative estimate of drug-likeness (QED) is 0.129. The zero-order valence-electron chi connectivity index (χ0n) is 24.2. The summed E-state index contributed by atoms with van der Waals surface area (Å²) in [4.78, 5) is 21.5. The van der Waals surface area contributed by atoms with Gasteiger partial charge in [-0.05, 0) is 58.0 Å². The van der Waals surface area contributed by atoms with E-state index in [4.69, 9.17) is 72.2 Å². The van der Waals surface area contributed by atoms with Gasteiger partial charge in [-0.1, -0.05) is 90.9 Å². The molecule has 15 heteroatoms. The van der Waals surface area contributed by atoms with Gasteiger partial charge < -0.3 is 23.9 Å². The molecule has 4 unspecified atom stereocenters. The van der Waals surface area contributed by atoms with E-state index >= 15 is 0 Å². The molecule has 0 spiro atoms. The molecular formula is C30H28Cl5IN4O5. The van der Waals surface area contributed by atoms with Crippen LogP contribution in [0.1, 0.15) is 38.1 Å². The average Bonchev–Trinajstić information content (AvgIpc) is 3.44. The van der Waals surface area contributed by atoms with Crippen LogP contribution in [-0.4, -0.2) is 50.5 Å². The number of aliphatic hydroxyl groups is 1. The predicted octanol–water partition coefficient (Wildman–Crippen LogP) is 8.35. The number of nitrogens with zero attached hydrogens (tertiary/aromatic N) is 3. The maximum absolute atomic E-state index is 12.7. The number of amides is 1. The van der Waals surface area contributed by atoms with Gasteiger partial charge in [-0.15, -0.1) is 0 Å². The Morgan fingerprint density at radius 2 is 1.64 bits per heavy atom. The standard InChI is InChI=1S/C30H28Cl5IN4O5/c1-30(2,3)28(42)39-29-37-25(35)22-20(36)10-40(26(22)38-29)27-23(41)24(44-12-15-5-7-17(32)9-19(15)34)21(45-27)13-43-11-14-4-6-16(31)8-18(14)33/h4-10,21,23-24,27,41H,11-13H2,1-3H3,(H,37,38,39,42). The van der Waals surface area contributed by atoms with Gasteiger partial charge in [-0.3, -0.25) is 10.1 Å². The Hall–Kier alpha value is -1.45. The largest absolute Gasteiger partial charge is 0.386 e. The van der Waals surface area contributed by atoms with Crippen molar-refractivity contribution in [3.05, 3.63) is 82.5 Å². The summed E-state index contributed by atoms with van der Waals surface area (Å²) >= 11 is 33.5. The van der Waals surface area contributed by atoms with E-state index in [0.29, 0.717) is 36.7 Å². The highest BCUT2D eigenvalue weighted by atomic mass is 127. The Kier molecular flexibility index (Phi) is 11.1. The number of ether oxygens (including phenoxy) is 3. The lowest BCUT2D eigenvalue weighted by Crippen LogP contribution is -2.36. The van der Waals surface area contributed by atoms with Crippen LogP contribution in [0.3, 0.4) is 0 Å². The first-order valence-electron chi connectivity index (χ1n) is 13.7. The Morgan fingerprint density at radius 1 is 1.02 bits per heavy atom. The van der Waals surface area contributed by atoms with Crippen molar-refractivity contribution in [3.63, 3.8) is 0 Å². The summed E-state index contributed by atoms with van der Waals surface area (Å²) < 4.78 is 21.0. The smallest absolute Gasteiger partial charge is 0.232 e. The number of benzene rings is 2. The van der Waals surface area contributed by atoms with E-state index in [1.165, 1.54) is 0 Å². The third kappa shape index (κ3) is 7.99. The van der Waals surface area contributed by atoms with Crippen LogP contribution in [0.2, 0.25) is 25.2 Å². The fourth-order valence-electron chi connectivity index (χ4n) is 4.64. The summed E-state index contributed by atoms with van der Waals surface area (Å²) in [6, 6.07) is 10.2. The van der Waals surface area contributed by atoms with Gasteiger partial charge in [-0.25, -0.2) is 0 Å². The van der Waals surface area contributed by atoms with E-state index < -0.39 is 30.0 Å². The number of hydrogen-bond acceptors (Lipinski definition) is 7. The number of anilines is 1. The Bertz CT molecular complexity index is 1730. The topological polar surface area (TPSA) is 108 Å². The van der Waals surface area contributed by atoms with Crippen LogP contribution < -0.4 is 5.32 Å². The van der Waals surface area contributed by atoms with Crippen molar-refractivity contribution in [2.45, 2.75) is 58.5 Å². The molecule has 45 heavy (non-hydrogen) atoms. The molecule has 0 aliphatic carbocycles. The second-order valence-electron chi connectivity index (χ2n) is 11.4. The first-order chi connectivity index (χ1) is 21.2. The van der Waals surface area contributed by atoms with Gasteiger partial charge in [0.2, 0.25) is 11.9 Å². The van der Waals surface area contributed by atoms with E-state index in [1.807, 2.05) is 0 Å². The number of carbonyl (C=O) groups excluding carboxylic acids is 1. The molecule has 2 N–H and O–H groups in total. The molecule has 1 saturated heterocycles. The predicted molar refractivity (Wildman–Crippen MR) is 184 cm³/mol. The van der Waals surface area contributed by atoms with Crippen LogP contribution >= 0.6 is 80.6 Å². The van der Waals surface area contributed by atoms with Crippen molar-refractivity contribution in [2.75, 3.05) is 11.9 Å². The van der Waals surface area contributed by atoms with Crippen LogP contribution in [0.5, 0.6) is 0 Å². The zero-order chi connectivity index (χ0) is 32.6. The van der Waals surface area contributed by atoms with Gasteiger partial charge in [0.1, 0.15) is 29.1 Å². The van der Waals surface area contributed by atoms with Crippen molar-refractivity contribution in [1.29, 1.82) is 0 Å².